The number of hydrogen-bond donors (Lipinski definition) is 0. The Labute approximate surface area is 71.3 Å². The third kappa shape index (κ3) is 1.55. The fourth-order valence-corrected chi connectivity index (χ4v) is 1.62. The smallest absolute Gasteiger partial charge is 0.280 e. The van der Waals surface area contributed by atoms with Crippen LogP contribution in [0, 0.1) is 0 Å². The van der Waals surface area contributed by atoms with E-state index in [2.05, 4.69) is 9.97 Å². The molecule has 0 unspecified atom stereocenters. The third-order valence-corrected chi connectivity index (χ3v) is 2.29. The zero-order valence-electron chi connectivity index (χ0n) is 5.43. The van der Waals surface area contributed by atoms with Crippen molar-refractivity contribution in [1.82, 2.24) is 9.97 Å². The molecule has 56 valence electrons. The van der Waals surface area contributed by atoms with Gasteiger partial charge in [0.05, 0.1) is 0 Å². The second-order valence-electron chi connectivity index (χ2n) is 1.70. The third-order valence-electron chi connectivity index (χ3n) is 0.994. The number of aromatic nitrogens is 2. The zero-order valence-corrected chi connectivity index (χ0v) is 7.06. The van der Waals surface area contributed by atoms with Crippen LogP contribution >= 0.6 is 22.7 Å². The molecule has 5 heteroatoms. The summed E-state index contributed by atoms with van der Waals surface area (Å²) in [5, 5.41) is 5.01. The molecule has 0 N–H and O–H groups in total. The minimum absolute atomic E-state index is 0.639. The van der Waals surface area contributed by atoms with Gasteiger partial charge in [-0.3, -0.25) is 0 Å². The summed E-state index contributed by atoms with van der Waals surface area (Å²) in [6.07, 6.45) is 3.40. The first-order valence-corrected chi connectivity index (χ1v) is 4.68. The van der Waals surface area contributed by atoms with Crippen molar-refractivity contribution in [3.8, 4) is 10.4 Å². The van der Waals surface area contributed by atoms with Crippen molar-refractivity contribution in [3.63, 3.8) is 0 Å². The molecule has 3 nitrogen and oxygen atoms in total. The van der Waals surface area contributed by atoms with Gasteiger partial charge in [-0.25, -0.2) is 9.97 Å². The van der Waals surface area contributed by atoms with E-state index < -0.39 is 0 Å². The van der Waals surface area contributed by atoms with Gasteiger partial charge in [-0.15, -0.1) is 0 Å². The van der Waals surface area contributed by atoms with E-state index in [1.54, 1.807) is 12.4 Å². The van der Waals surface area contributed by atoms with Crippen LogP contribution in [0.2, 0.25) is 0 Å². The molecule has 0 amide bonds. The van der Waals surface area contributed by atoms with Crippen LogP contribution in [-0.2, 0) is 0 Å². The molecule has 0 fully saturated rings. The lowest BCUT2D eigenvalue weighted by atomic mass is 11.0. The van der Waals surface area contributed by atoms with E-state index >= 15 is 0 Å². The summed E-state index contributed by atoms with van der Waals surface area (Å²) >= 11 is 2.91. The molecule has 0 aliphatic heterocycles. The van der Waals surface area contributed by atoms with Crippen LogP contribution in [0.5, 0.6) is 10.4 Å². The van der Waals surface area contributed by atoms with Crippen LogP contribution in [0.4, 0.5) is 0 Å². The highest BCUT2D eigenvalue weighted by atomic mass is 32.1. The first kappa shape index (κ1) is 6.75. The highest BCUT2D eigenvalue weighted by Gasteiger charge is 1.99. The Morgan fingerprint density at radius 1 is 1.00 bits per heavy atom. The molecule has 0 saturated carbocycles. The Hall–Kier alpha value is -0.940. The molecule has 11 heavy (non-hydrogen) atoms. The summed E-state index contributed by atoms with van der Waals surface area (Å²) in [7, 11) is 0. The van der Waals surface area contributed by atoms with Crippen molar-refractivity contribution in [2.24, 2.45) is 0 Å². The maximum atomic E-state index is 5.27. The molecule has 0 atom stereocenters. The van der Waals surface area contributed by atoms with Gasteiger partial charge in [0, 0.05) is 23.2 Å². The molecule has 2 aromatic heterocycles. The van der Waals surface area contributed by atoms with Crippen molar-refractivity contribution in [3.05, 3.63) is 23.2 Å². The molecule has 2 heterocycles. The quantitative estimate of drug-likeness (QED) is 0.718. The predicted molar refractivity (Wildman–Crippen MR) is 44.3 cm³/mol. The van der Waals surface area contributed by atoms with Crippen molar-refractivity contribution in [1.29, 1.82) is 0 Å². The SMILES string of the molecule is c1csc(Oc2nccs2)n1. The number of thiazole rings is 2. The minimum atomic E-state index is 0.639. The van der Waals surface area contributed by atoms with Gasteiger partial charge in [-0.1, -0.05) is 22.7 Å². The van der Waals surface area contributed by atoms with Crippen LogP contribution in [0.1, 0.15) is 0 Å². The molecule has 2 aromatic rings. The fourth-order valence-electron chi connectivity index (χ4n) is 0.596. The summed E-state index contributed by atoms with van der Waals surface area (Å²) in [5.41, 5.74) is 0. The van der Waals surface area contributed by atoms with E-state index in [4.69, 9.17) is 4.74 Å². The summed E-state index contributed by atoms with van der Waals surface area (Å²) in [5.74, 6) is 0. The summed E-state index contributed by atoms with van der Waals surface area (Å²) in [4.78, 5) is 7.91. The lowest BCUT2D eigenvalue weighted by Crippen LogP contribution is -1.79. The van der Waals surface area contributed by atoms with Gasteiger partial charge in [0.25, 0.3) is 10.4 Å². The highest BCUT2D eigenvalue weighted by Crippen LogP contribution is 2.24. The van der Waals surface area contributed by atoms with Crippen LogP contribution in [0.25, 0.3) is 0 Å². The number of ether oxygens (including phenoxy) is 1. The summed E-state index contributed by atoms with van der Waals surface area (Å²) in [6, 6.07) is 0. The molecule has 0 saturated heterocycles. The van der Waals surface area contributed by atoms with Crippen LogP contribution in [0.15, 0.2) is 23.2 Å². The Morgan fingerprint density at radius 2 is 1.55 bits per heavy atom. The molecule has 0 radical (unpaired) electrons. The van der Waals surface area contributed by atoms with Crippen LogP contribution < -0.4 is 4.74 Å². The molecule has 0 spiro atoms. The minimum Gasteiger partial charge on any atom is -0.402 e. The van der Waals surface area contributed by atoms with E-state index in [9.17, 15) is 0 Å². The molecule has 0 bridgehead atoms. The lowest BCUT2D eigenvalue weighted by molar-refractivity contribution is 0.475. The molecular formula is C6H4N2OS2. The van der Waals surface area contributed by atoms with Gasteiger partial charge in [0.1, 0.15) is 0 Å². The average Bonchev–Trinajstić information content (AvgIpc) is 2.60. The topological polar surface area (TPSA) is 35.0 Å². The lowest BCUT2D eigenvalue weighted by Gasteiger charge is -1.92. The van der Waals surface area contributed by atoms with Gasteiger partial charge in [0.15, 0.2) is 0 Å². The largest absolute Gasteiger partial charge is 0.402 e. The van der Waals surface area contributed by atoms with E-state index in [0.717, 1.165) is 0 Å². The summed E-state index contributed by atoms with van der Waals surface area (Å²) in [6.45, 7) is 0. The zero-order chi connectivity index (χ0) is 7.52. The van der Waals surface area contributed by atoms with Gasteiger partial charge >= 0.3 is 0 Å². The Morgan fingerprint density at radius 3 is 1.91 bits per heavy atom. The first-order chi connectivity index (χ1) is 5.45. The Bertz CT molecular complexity index is 271. The van der Waals surface area contributed by atoms with Crippen molar-refractivity contribution in [2.75, 3.05) is 0 Å². The second kappa shape index (κ2) is 2.98. The predicted octanol–water partition coefficient (Wildman–Crippen LogP) is 2.39. The van der Waals surface area contributed by atoms with Crippen LogP contribution in [-0.4, -0.2) is 9.97 Å². The second-order valence-corrected chi connectivity index (χ2v) is 3.41. The maximum absolute atomic E-state index is 5.27. The van der Waals surface area contributed by atoms with Crippen LogP contribution in [0.3, 0.4) is 0 Å². The van der Waals surface area contributed by atoms with Crippen molar-refractivity contribution in [2.45, 2.75) is 0 Å². The number of hydrogen-bond acceptors (Lipinski definition) is 5. The fraction of sp³-hybridized carbons (Fsp3) is 0. The van der Waals surface area contributed by atoms with Gasteiger partial charge < -0.3 is 4.74 Å². The molecule has 0 aliphatic carbocycles. The average molecular weight is 184 g/mol. The number of nitrogens with zero attached hydrogens (tertiary/aromatic N) is 2. The van der Waals surface area contributed by atoms with Crippen molar-refractivity contribution >= 4 is 22.7 Å². The number of rotatable bonds is 2. The van der Waals surface area contributed by atoms with Gasteiger partial charge in [-0.2, -0.15) is 0 Å². The van der Waals surface area contributed by atoms with E-state index in [-0.39, 0.29) is 0 Å². The Balaban J connectivity index is 2.14. The van der Waals surface area contributed by atoms with E-state index in [1.807, 2.05) is 10.8 Å². The van der Waals surface area contributed by atoms with Gasteiger partial charge in [-0.05, 0) is 0 Å². The van der Waals surface area contributed by atoms with Crippen molar-refractivity contribution < 1.29 is 4.74 Å². The molecule has 2 rings (SSSR count). The normalized spacial score (nSPS) is 9.82. The molecule has 0 aliphatic rings. The van der Waals surface area contributed by atoms with E-state index in [0.29, 0.717) is 10.4 Å². The van der Waals surface area contributed by atoms with E-state index in [1.165, 1.54) is 22.7 Å². The molecular weight excluding hydrogens is 180 g/mol. The highest BCUT2D eigenvalue weighted by molar-refractivity contribution is 7.12. The molecule has 0 aromatic carbocycles. The standard InChI is InChI=1S/C6H4N2OS2/c1-3-10-5(7-1)9-6-8-2-4-11-6/h1-4H. The first-order valence-electron chi connectivity index (χ1n) is 2.92. The summed E-state index contributed by atoms with van der Waals surface area (Å²) < 4.78 is 5.27. The monoisotopic (exact) mass is 184 g/mol. The Kier molecular flexibility index (Phi) is 1.83. The maximum Gasteiger partial charge on any atom is 0.280 e. The van der Waals surface area contributed by atoms with Gasteiger partial charge in [0.2, 0.25) is 0 Å².